The van der Waals surface area contributed by atoms with Crippen molar-refractivity contribution in [2.24, 2.45) is 0 Å². The topological polar surface area (TPSA) is 29.5 Å². The monoisotopic (exact) mass is 270 g/mol. The third-order valence-corrected chi connectivity index (χ3v) is 4.13. The third kappa shape index (κ3) is 2.29. The van der Waals surface area contributed by atoms with Crippen LogP contribution in [0.5, 0.6) is 11.5 Å². The molecule has 0 aliphatic carbocycles. The molecule has 0 aliphatic rings. The first-order valence-electron chi connectivity index (χ1n) is 6.12. The number of aromatic hydroxyl groups is 1. The van der Waals surface area contributed by atoms with Crippen LogP contribution in [-0.2, 0) is 6.61 Å². The van der Waals surface area contributed by atoms with Gasteiger partial charge in [-0.05, 0) is 36.1 Å². The van der Waals surface area contributed by atoms with E-state index >= 15 is 0 Å². The lowest BCUT2D eigenvalue weighted by molar-refractivity contribution is 0.290. The molecule has 3 aromatic rings. The van der Waals surface area contributed by atoms with Gasteiger partial charge in [-0.1, -0.05) is 24.3 Å². The van der Waals surface area contributed by atoms with Gasteiger partial charge in [-0.15, -0.1) is 11.3 Å². The normalized spacial score (nSPS) is 10.8. The van der Waals surface area contributed by atoms with Crippen molar-refractivity contribution in [3.8, 4) is 11.5 Å². The Bertz CT molecular complexity index is 716. The lowest BCUT2D eigenvalue weighted by Gasteiger charge is -2.07. The number of rotatable bonds is 3. The summed E-state index contributed by atoms with van der Waals surface area (Å²) in [6.45, 7) is 2.58. The fourth-order valence-corrected chi connectivity index (χ4v) is 3.21. The van der Waals surface area contributed by atoms with Gasteiger partial charge in [-0.25, -0.2) is 0 Å². The van der Waals surface area contributed by atoms with E-state index in [1.807, 2.05) is 6.07 Å². The highest BCUT2D eigenvalue weighted by atomic mass is 32.1. The van der Waals surface area contributed by atoms with E-state index in [0.29, 0.717) is 12.4 Å². The van der Waals surface area contributed by atoms with Crippen molar-refractivity contribution in [2.45, 2.75) is 13.5 Å². The van der Waals surface area contributed by atoms with Crippen LogP contribution in [0, 0.1) is 6.92 Å². The van der Waals surface area contributed by atoms with Gasteiger partial charge in [0, 0.05) is 15.6 Å². The lowest BCUT2D eigenvalue weighted by Crippen LogP contribution is -1.95. The molecule has 2 nitrogen and oxygen atoms in total. The van der Waals surface area contributed by atoms with Crippen molar-refractivity contribution in [2.75, 3.05) is 0 Å². The van der Waals surface area contributed by atoms with Crippen molar-refractivity contribution >= 4 is 21.4 Å². The van der Waals surface area contributed by atoms with Gasteiger partial charge in [0.2, 0.25) is 0 Å². The maximum Gasteiger partial charge on any atom is 0.161 e. The summed E-state index contributed by atoms with van der Waals surface area (Å²) in [5.74, 6) is 0.703. The van der Waals surface area contributed by atoms with E-state index in [0.717, 1.165) is 0 Å². The Kier molecular flexibility index (Phi) is 3.13. The number of phenolic OH excluding ortho intramolecular Hbond substituents is 1. The molecule has 0 radical (unpaired) electrons. The van der Waals surface area contributed by atoms with Crippen LogP contribution in [0.2, 0.25) is 0 Å². The predicted molar refractivity (Wildman–Crippen MR) is 79.0 cm³/mol. The first-order valence-corrected chi connectivity index (χ1v) is 7.00. The second-order valence-electron chi connectivity index (χ2n) is 4.47. The number of thiophene rings is 1. The van der Waals surface area contributed by atoms with Crippen LogP contribution in [-0.4, -0.2) is 5.11 Å². The van der Waals surface area contributed by atoms with E-state index in [-0.39, 0.29) is 5.75 Å². The van der Waals surface area contributed by atoms with Gasteiger partial charge in [0.05, 0.1) is 0 Å². The van der Waals surface area contributed by atoms with Gasteiger partial charge in [0.15, 0.2) is 11.5 Å². The van der Waals surface area contributed by atoms with Gasteiger partial charge in [0.25, 0.3) is 0 Å². The Morgan fingerprint density at radius 2 is 1.95 bits per heavy atom. The van der Waals surface area contributed by atoms with Crippen molar-refractivity contribution in [3.63, 3.8) is 0 Å². The van der Waals surface area contributed by atoms with Crippen LogP contribution in [0.25, 0.3) is 10.1 Å². The molecule has 0 amide bonds. The maximum atomic E-state index is 9.68. The number of hydrogen-bond acceptors (Lipinski definition) is 3. The first-order chi connectivity index (χ1) is 9.25. The molecule has 0 aliphatic heterocycles. The van der Waals surface area contributed by atoms with Crippen LogP contribution in [0.1, 0.15) is 11.1 Å². The zero-order valence-electron chi connectivity index (χ0n) is 10.6. The Morgan fingerprint density at radius 1 is 1.11 bits per heavy atom. The molecule has 1 aromatic heterocycles. The number of aryl methyl sites for hydroxylation is 1. The zero-order valence-corrected chi connectivity index (χ0v) is 11.4. The quantitative estimate of drug-likeness (QED) is 0.759. The highest BCUT2D eigenvalue weighted by Crippen LogP contribution is 2.31. The zero-order chi connectivity index (χ0) is 13.2. The summed E-state index contributed by atoms with van der Waals surface area (Å²) in [4.78, 5) is 0. The molecule has 19 heavy (non-hydrogen) atoms. The highest BCUT2D eigenvalue weighted by Gasteiger charge is 2.08. The molecular weight excluding hydrogens is 256 g/mol. The summed E-state index contributed by atoms with van der Waals surface area (Å²) in [5, 5.41) is 13.1. The smallest absolute Gasteiger partial charge is 0.161 e. The summed E-state index contributed by atoms with van der Waals surface area (Å²) in [6, 6.07) is 13.3. The predicted octanol–water partition coefficient (Wildman–Crippen LogP) is 4.49. The summed E-state index contributed by atoms with van der Waals surface area (Å²) >= 11 is 1.72. The number of benzene rings is 2. The molecule has 0 atom stereocenters. The molecule has 2 aromatic carbocycles. The molecule has 96 valence electrons. The average molecular weight is 270 g/mol. The fraction of sp³-hybridized carbons (Fsp3) is 0.125. The van der Waals surface area contributed by atoms with E-state index in [9.17, 15) is 5.11 Å². The minimum atomic E-state index is 0.179. The van der Waals surface area contributed by atoms with Gasteiger partial charge < -0.3 is 9.84 Å². The molecule has 3 heteroatoms. The van der Waals surface area contributed by atoms with Gasteiger partial charge in [0.1, 0.15) is 6.61 Å². The van der Waals surface area contributed by atoms with Gasteiger partial charge >= 0.3 is 0 Å². The second kappa shape index (κ2) is 4.94. The molecule has 0 spiro atoms. The Labute approximate surface area is 115 Å². The lowest BCUT2D eigenvalue weighted by atomic mass is 10.1. The Morgan fingerprint density at radius 3 is 2.79 bits per heavy atom. The third-order valence-electron chi connectivity index (χ3n) is 3.13. The molecule has 0 bridgehead atoms. The molecule has 0 saturated heterocycles. The van der Waals surface area contributed by atoms with Crippen molar-refractivity contribution in [3.05, 3.63) is 59.0 Å². The molecular formula is C16H14O2S. The highest BCUT2D eigenvalue weighted by molar-refractivity contribution is 7.17. The summed E-state index contributed by atoms with van der Waals surface area (Å²) in [6.07, 6.45) is 0. The minimum absolute atomic E-state index is 0.179. The number of ether oxygens (including phenoxy) is 1. The van der Waals surface area contributed by atoms with Crippen LogP contribution in [0.15, 0.2) is 47.8 Å². The van der Waals surface area contributed by atoms with E-state index in [1.165, 1.54) is 21.2 Å². The first kappa shape index (κ1) is 12.1. The Hall–Kier alpha value is -2.00. The number of para-hydroxylation sites is 2. The van der Waals surface area contributed by atoms with Gasteiger partial charge in [-0.2, -0.15) is 0 Å². The van der Waals surface area contributed by atoms with E-state index < -0.39 is 0 Å². The van der Waals surface area contributed by atoms with E-state index in [4.69, 9.17) is 4.74 Å². The fourth-order valence-electron chi connectivity index (χ4n) is 2.19. The van der Waals surface area contributed by atoms with Crippen molar-refractivity contribution in [1.29, 1.82) is 0 Å². The van der Waals surface area contributed by atoms with Crippen LogP contribution in [0.4, 0.5) is 0 Å². The summed E-state index contributed by atoms with van der Waals surface area (Å²) in [5.41, 5.74) is 2.43. The largest absolute Gasteiger partial charge is 0.504 e. The molecule has 1 heterocycles. The molecule has 3 rings (SSSR count). The van der Waals surface area contributed by atoms with Gasteiger partial charge in [-0.3, -0.25) is 0 Å². The molecule has 0 saturated carbocycles. The number of fused-ring (bicyclic) bond motifs is 1. The van der Waals surface area contributed by atoms with Crippen molar-refractivity contribution < 1.29 is 9.84 Å². The van der Waals surface area contributed by atoms with Crippen LogP contribution >= 0.6 is 11.3 Å². The van der Waals surface area contributed by atoms with E-state index in [2.05, 4.69) is 30.5 Å². The number of hydrogen-bond donors (Lipinski definition) is 1. The number of phenols is 1. The molecule has 0 unspecified atom stereocenters. The minimum Gasteiger partial charge on any atom is -0.504 e. The maximum absolute atomic E-state index is 9.68. The van der Waals surface area contributed by atoms with E-state index in [1.54, 1.807) is 29.5 Å². The average Bonchev–Trinajstić information content (AvgIpc) is 2.83. The molecule has 1 N–H and O–H groups in total. The molecule has 0 fully saturated rings. The Balaban J connectivity index is 1.89. The van der Waals surface area contributed by atoms with Crippen molar-refractivity contribution in [1.82, 2.24) is 0 Å². The summed E-state index contributed by atoms with van der Waals surface area (Å²) < 4.78 is 6.97. The second-order valence-corrected chi connectivity index (χ2v) is 5.38. The van der Waals surface area contributed by atoms with Crippen LogP contribution < -0.4 is 4.74 Å². The summed E-state index contributed by atoms with van der Waals surface area (Å²) in [7, 11) is 0. The SMILES string of the molecule is Cc1cccc2scc(COc3ccccc3O)c12. The standard InChI is InChI=1S/C16H14O2S/c1-11-5-4-8-15-16(11)12(10-19-15)9-18-14-7-3-2-6-13(14)17/h2-8,10,17H,9H2,1H3. The van der Waals surface area contributed by atoms with Crippen LogP contribution in [0.3, 0.4) is 0 Å².